The van der Waals surface area contributed by atoms with Crippen LogP contribution >= 0.6 is 0 Å². The highest BCUT2D eigenvalue weighted by atomic mass is 32.2. The van der Waals surface area contributed by atoms with Crippen LogP contribution in [-0.2, 0) is 16.3 Å². The number of halogens is 1. The number of ether oxygens (including phenoxy) is 1. The molecule has 4 nitrogen and oxygen atoms in total. The van der Waals surface area contributed by atoms with Crippen molar-refractivity contribution in [3.05, 3.63) is 29.6 Å². The van der Waals surface area contributed by atoms with Crippen molar-refractivity contribution in [2.75, 3.05) is 7.11 Å². The van der Waals surface area contributed by atoms with E-state index in [-0.39, 0.29) is 25.0 Å². The van der Waals surface area contributed by atoms with Crippen molar-refractivity contribution < 1.29 is 22.7 Å². The van der Waals surface area contributed by atoms with Crippen molar-refractivity contribution in [2.24, 2.45) is 0 Å². The van der Waals surface area contributed by atoms with Crippen LogP contribution in [0.5, 0.6) is 5.75 Å². The molecular weight excluding hydrogens is 307 g/mol. The van der Waals surface area contributed by atoms with Gasteiger partial charge in [0.15, 0.2) is 21.4 Å². The number of hydrogen-bond acceptors (Lipinski definition) is 4. The Hall–Kier alpha value is -1.14. The second-order valence-corrected chi connectivity index (χ2v) is 9.05. The second-order valence-electron chi connectivity index (χ2n) is 6.54. The van der Waals surface area contributed by atoms with Crippen molar-refractivity contribution in [1.29, 1.82) is 0 Å². The van der Waals surface area contributed by atoms with Crippen LogP contribution in [0, 0.1) is 5.82 Å². The Kier molecular flexibility index (Phi) is 3.93. The molecule has 2 aliphatic heterocycles. The predicted octanol–water partition coefficient (Wildman–Crippen LogP) is 2.24. The van der Waals surface area contributed by atoms with Gasteiger partial charge in [-0.2, -0.15) is 0 Å². The normalized spacial score (nSPS) is 33.4. The first-order chi connectivity index (χ1) is 10.3. The topological polar surface area (TPSA) is 63.6 Å². The summed E-state index contributed by atoms with van der Waals surface area (Å²) in [6, 6.07) is 4.61. The van der Waals surface area contributed by atoms with Gasteiger partial charge in [0.25, 0.3) is 0 Å². The molecule has 0 spiro atoms. The molecular formula is C16H21FO4S. The monoisotopic (exact) mass is 328 g/mol. The minimum atomic E-state index is -3.10. The van der Waals surface area contributed by atoms with Gasteiger partial charge in [-0.1, -0.05) is 12.5 Å². The zero-order valence-electron chi connectivity index (χ0n) is 12.6. The molecule has 22 heavy (non-hydrogen) atoms. The molecule has 2 fully saturated rings. The molecule has 2 unspecified atom stereocenters. The number of hydrogen-bond donors (Lipinski definition) is 1. The van der Waals surface area contributed by atoms with Gasteiger partial charge in [0.1, 0.15) is 0 Å². The first-order valence-electron chi connectivity index (χ1n) is 7.61. The molecule has 1 aromatic rings. The first kappa shape index (κ1) is 15.7. The fourth-order valence-corrected chi connectivity index (χ4v) is 6.51. The average molecular weight is 328 g/mol. The molecule has 2 bridgehead atoms. The van der Waals surface area contributed by atoms with E-state index in [1.807, 2.05) is 0 Å². The highest BCUT2D eigenvalue weighted by Gasteiger charge is 2.50. The van der Waals surface area contributed by atoms with Gasteiger partial charge in [-0.15, -0.1) is 0 Å². The lowest BCUT2D eigenvalue weighted by atomic mass is 9.81. The lowest BCUT2D eigenvalue weighted by Crippen LogP contribution is -2.52. The van der Waals surface area contributed by atoms with Crippen molar-refractivity contribution in [1.82, 2.24) is 0 Å². The van der Waals surface area contributed by atoms with E-state index < -0.39 is 31.8 Å². The highest BCUT2D eigenvalue weighted by molar-refractivity contribution is 7.92. The summed E-state index contributed by atoms with van der Waals surface area (Å²) in [5.41, 5.74) is -0.402. The fourth-order valence-electron chi connectivity index (χ4n) is 3.89. The van der Waals surface area contributed by atoms with E-state index in [4.69, 9.17) is 4.74 Å². The van der Waals surface area contributed by atoms with Gasteiger partial charge < -0.3 is 9.84 Å². The van der Waals surface area contributed by atoms with Gasteiger partial charge in [0.2, 0.25) is 0 Å². The van der Waals surface area contributed by atoms with E-state index >= 15 is 0 Å². The Morgan fingerprint density at radius 1 is 1.32 bits per heavy atom. The number of sulfone groups is 1. The van der Waals surface area contributed by atoms with Gasteiger partial charge in [-0.3, -0.25) is 0 Å². The zero-order chi connectivity index (χ0) is 16.0. The van der Waals surface area contributed by atoms with Crippen LogP contribution in [0.2, 0.25) is 0 Å². The quantitative estimate of drug-likeness (QED) is 0.924. The van der Waals surface area contributed by atoms with Gasteiger partial charge in [-0.25, -0.2) is 12.8 Å². The van der Waals surface area contributed by atoms with Gasteiger partial charge >= 0.3 is 0 Å². The van der Waals surface area contributed by atoms with Crippen molar-refractivity contribution in [2.45, 2.75) is 54.6 Å². The van der Waals surface area contributed by atoms with Crippen LogP contribution in [-0.4, -0.2) is 36.7 Å². The Bertz CT molecular complexity index is 651. The van der Waals surface area contributed by atoms with Gasteiger partial charge in [0.05, 0.1) is 23.2 Å². The summed E-state index contributed by atoms with van der Waals surface area (Å²) in [6.45, 7) is 0. The molecule has 2 saturated heterocycles. The van der Waals surface area contributed by atoms with E-state index in [9.17, 15) is 17.9 Å². The molecule has 0 amide bonds. The fraction of sp³-hybridized carbons (Fsp3) is 0.625. The molecule has 122 valence electrons. The van der Waals surface area contributed by atoms with E-state index in [0.29, 0.717) is 18.4 Å². The third kappa shape index (κ3) is 2.74. The molecule has 2 heterocycles. The van der Waals surface area contributed by atoms with Crippen molar-refractivity contribution >= 4 is 9.84 Å². The Labute approximate surface area is 130 Å². The number of aliphatic hydroxyl groups is 1. The molecule has 0 saturated carbocycles. The highest BCUT2D eigenvalue weighted by Crippen LogP contribution is 2.42. The largest absolute Gasteiger partial charge is 0.494 e. The van der Waals surface area contributed by atoms with Crippen LogP contribution < -0.4 is 4.74 Å². The van der Waals surface area contributed by atoms with Crippen LogP contribution in [0.4, 0.5) is 4.39 Å². The summed E-state index contributed by atoms with van der Waals surface area (Å²) in [6.07, 6.45) is 2.92. The first-order valence-corrected chi connectivity index (χ1v) is 9.22. The summed E-state index contributed by atoms with van der Waals surface area (Å²) < 4.78 is 43.2. The summed E-state index contributed by atoms with van der Waals surface area (Å²) in [5.74, 6) is -0.300. The van der Waals surface area contributed by atoms with Gasteiger partial charge in [-0.05, 0) is 43.4 Å². The maximum absolute atomic E-state index is 13.8. The molecule has 1 aromatic carbocycles. The predicted molar refractivity (Wildman–Crippen MR) is 81.2 cm³/mol. The second kappa shape index (κ2) is 5.49. The smallest absolute Gasteiger partial charge is 0.165 e. The third-order valence-corrected chi connectivity index (χ3v) is 7.61. The summed E-state index contributed by atoms with van der Waals surface area (Å²) >= 11 is 0. The van der Waals surface area contributed by atoms with Crippen LogP contribution in [0.15, 0.2) is 18.2 Å². The van der Waals surface area contributed by atoms with Crippen molar-refractivity contribution in [3.8, 4) is 5.75 Å². The minimum absolute atomic E-state index is 0.166. The maximum atomic E-state index is 13.8. The Morgan fingerprint density at radius 2 is 1.95 bits per heavy atom. The Balaban J connectivity index is 1.82. The number of benzene rings is 1. The van der Waals surface area contributed by atoms with Crippen LogP contribution in [0.25, 0.3) is 0 Å². The average Bonchev–Trinajstić information content (AvgIpc) is 2.41. The SMILES string of the molecule is COc1ccc(CC2(O)CC3CCCC(C2)S3(=O)=O)cc1F. The molecule has 6 heteroatoms. The van der Waals surface area contributed by atoms with E-state index in [1.165, 1.54) is 19.2 Å². The molecule has 1 N–H and O–H groups in total. The van der Waals surface area contributed by atoms with Gasteiger partial charge in [0, 0.05) is 6.42 Å². The van der Waals surface area contributed by atoms with Crippen molar-refractivity contribution in [3.63, 3.8) is 0 Å². The molecule has 3 rings (SSSR count). The third-order valence-electron chi connectivity index (χ3n) is 4.95. The standard InChI is InChI=1S/C16H21FO4S/c1-21-15-6-5-11(7-14(15)17)8-16(18)9-12-3-2-4-13(10-16)22(12,19)20/h5-7,12-13,18H,2-4,8-10H2,1H3. The summed E-state index contributed by atoms with van der Waals surface area (Å²) in [7, 11) is -1.70. The number of fused-ring (bicyclic) bond motifs is 2. The number of methoxy groups -OCH3 is 1. The van der Waals surface area contributed by atoms with Crippen LogP contribution in [0.3, 0.4) is 0 Å². The maximum Gasteiger partial charge on any atom is 0.165 e. The Morgan fingerprint density at radius 3 is 2.50 bits per heavy atom. The summed E-state index contributed by atoms with van der Waals surface area (Å²) in [4.78, 5) is 0. The molecule has 2 atom stereocenters. The lowest BCUT2D eigenvalue weighted by molar-refractivity contribution is 0.00983. The molecule has 2 aliphatic rings. The minimum Gasteiger partial charge on any atom is -0.494 e. The summed E-state index contributed by atoms with van der Waals surface area (Å²) in [5, 5.41) is 9.96. The van der Waals surface area contributed by atoms with Crippen LogP contribution in [0.1, 0.15) is 37.7 Å². The zero-order valence-corrected chi connectivity index (χ0v) is 13.4. The van der Waals surface area contributed by atoms with E-state index in [2.05, 4.69) is 0 Å². The van der Waals surface area contributed by atoms with E-state index in [0.717, 1.165) is 6.42 Å². The lowest BCUT2D eigenvalue weighted by Gasteiger charge is -2.44. The molecule has 0 aromatic heterocycles. The van der Waals surface area contributed by atoms with E-state index in [1.54, 1.807) is 6.07 Å². The molecule has 0 aliphatic carbocycles. The molecule has 0 radical (unpaired) electrons. The number of rotatable bonds is 3.